The van der Waals surface area contributed by atoms with Crippen LogP contribution < -0.4 is 5.32 Å². The molecule has 1 aromatic heterocycles. The Morgan fingerprint density at radius 1 is 1.30 bits per heavy atom. The summed E-state index contributed by atoms with van der Waals surface area (Å²) in [6, 6.07) is 3.77. The number of anilines is 1. The number of amides is 1. The lowest BCUT2D eigenvalue weighted by molar-refractivity contribution is -0.114. The summed E-state index contributed by atoms with van der Waals surface area (Å²) >= 11 is 7.50. The number of aromatic nitrogens is 1. The van der Waals surface area contributed by atoms with Crippen molar-refractivity contribution in [2.24, 2.45) is 0 Å². The van der Waals surface area contributed by atoms with Gasteiger partial charge in [0, 0.05) is 12.5 Å². The smallest absolute Gasteiger partial charge is 0.356 e. The number of carbonyl (C=O) groups is 2. The Kier molecular flexibility index (Phi) is 5.15. The summed E-state index contributed by atoms with van der Waals surface area (Å²) in [4.78, 5) is 26.2. The van der Waals surface area contributed by atoms with Gasteiger partial charge in [-0.3, -0.25) is 4.79 Å². The lowest BCUT2D eigenvalue weighted by atomic mass is 10.1. The molecule has 2 N–H and O–H groups in total. The van der Waals surface area contributed by atoms with Gasteiger partial charge in [-0.15, -0.1) is 0 Å². The third-order valence-electron chi connectivity index (χ3n) is 2.78. The number of carboxylic acids is 1. The number of halogens is 4. The molecule has 1 amide bonds. The summed E-state index contributed by atoms with van der Waals surface area (Å²) in [5.74, 6) is -4.21. The van der Waals surface area contributed by atoms with Crippen molar-refractivity contribution in [2.75, 3.05) is 5.32 Å². The van der Waals surface area contributed by atoms with E-state index in [0.717, 1.165) is 0 Å². The van der Waals surface area contributed by atoms with Gasteiger partial charge in [-0.1, -0.05) is 11.6 Å². The fraction of sp³-hybridized carbons (Fsp3) is 0.0714. The first-order chi connectivity index (χ1) is 10.7. The topological polar surface area (TPSA) is 79.3 Å². The molecule has 5 nitrogen and oxygen atoms in total. The van der Waals surface area contributed by atoms with Crippen molar-refractivity contribution in [3.8, 4) is 11.3 Å². The zero-order chi connectivity index (χ0) is 17.3. The average molecular weight is 453 g/mol. The monoisotopic (exact) mass is 452 g/mol. The number of rotatable bonds is 3. The van der Waals surface area contributed by atoms with E-state index in [1.807, 2.05) is 0 Å². The van der Waals surface area contributed by atoms with Gasteiger partial charge in [0.05, 0.1) is 20.0 Å². The van der Waals surface area contributed by atoms with Crippen LogP contribution in [-0.2, 0) is 4.79 Å². The standard InChI is InChI=1S/C14H8ClF2IN2O3/c1-5(21)19-9-4-8(20-13(10(9)15)14(22)23)6-2-3-7(18)12(17)11(6)16/h2-4H,1H3,(H,22,23)(H,19,20,21). The van der Waals surface area contributed by atoms with Crippen molar-refractivity contribution in [1.82, 2.24) is 4.98 Å². The fourth-order valence-corrected chi connectivity index (χ4v) is 2.45. The lowest BCUT2D eigenvalue weighted by Crippen LogP contribution is -2.11. The lowest BCUT2D eigenvalue weighted by Gasteiger charge is -2.11. The maximum Gasteiger partial charge on any atom is 0.356 e. The minimum absolute atomic E-state index is 0.0556. The zero-order valence-corrected chi connectivity index (χ0v) is 14.4. The number of hydrogen-bond donors (Lipinski definition) is 2. The average Bonchev–Trinajstić information content (AvgIpc) is 2.46. The highest BCUT2D eigenvalue weighted by Gasteiger charge is 2.21. The summed E-state index contributed by atoms with van der Waals surface area (Å²) in [5.41, 5.74) is -1.04. The normalized spacial score (nSPS) is 10.5. The molecule has 1 aromatic carbocycles. The van der Waals surface area contributed by atoms with E-state index in [4.69, 9.17) is 16.7 Å². The Hall–Kier alpha value is -1.81. The predicted molar refractivity (Wildman–Crippen MR) is 88.6 cm³/mol. The van der Waals surface area contributed by atoms with Crippen LogP contribution in [0.5, 0.6) is 0 Å². The van der Waals surface area contributed by atoms with Crippen LogP contribution in [0.3, 0.4) is 0 Å². The Morgan fingerprint density at radius 2 is 1.96 bits per heavy atom. The van der Waals surface area contributed by atoms with E-state index in [1.165, 1.54) is 25.1 Å². The van der Waals surface area contributed by atoms with Crippen molar-refractivity contribution >= 4 is 51.8 Å². The van der Waals surface area contributed by atoms with Crippen LogP contribution in [0, 0.1) is 15.2 Å². The maximum absolute atomic E-state index is 14.1. The van der Waals surface area contributed by atoms with Crippen LogP contribution >= 0.6 is 34.2 Å². The molecule has 0 unspecified atom stereocenters. The molecule has 0 bridgehead atoms. The van der Waals surface area contributed by atoms with Crippen molar-refractivity contribution < 1.29 is 23.5 Å². The molecule has 2 rings (SSSR count). The Bertz CT molecular complexity index is 830. The Balaban J connectivity index is 2.72. The quantitative estimate of drug-likeness (QED) is 0.546. The summed E-state index contributed by atoms with van der Waals surface area (Å²) in [6.07, 6.45) is 0. The number of pyridine rings is 1. The van der Waals surface area contributed by atoms with Gasteiger partial charge in [0.15, 0.2) is 17.3 Å². The second-order valence-corrected chi connectivity index (χ2v) is 5.97. The van der Waals surface area contributed by atoms with Gasteiger partial charge in [0.1, 0.15) is 0 Å². The van der Waals surface area contributed by atoms with Gasteiger partial charge >= 0.3 is 5.97 Å². The second kappa shape index (κ2) is 6.75. The van der Waals surface area contributed by atoms with Crippen LogP contribution in [0.4, 0.5) is 14.5 Å². The molecule has 1 heterocycles. The van der Waals surface area contributed by atoms with Gasteiger partial charge in [0.25, 0.3) is 0 Å². The molecule has 23 heavy (non-hydrogen) atoms. The van der Waals surface area contributed by atoms with Crippen molar-refractivity contribution in [1.29, 1.82) is 0 Å². The highest BCUT2D eigenvalue weighted by atomic mass is 127. The fourth-order valence-electron chi connectivity index (χ4n) is 1.81. The molecule has 2 aromatic rings. The maximum atomic E-state index is 14.1. The molecule has 0 saturated heterocycles. The first-order valence-electron chi connectivity index (χ1n) is 6.07. The summed E-state index contributed by atoms with van der Waals surface area (Å²) < 4.78 is 27.9. The van der Waals surface area contributed by atoms with E-state index in [0.29, 0.717) is 0 Å². The van der Waals surface area contributed by atoms with E-state index in [9.17, 15) is 18.4 Å². The van der Waals surface area contributed by atoms with Gasteiger partial charge in [-0.2, -0.15) is 0 Å². The summed E-state index contributed by atoms with van der Waals surface area (Å²) in [6.45, 7) is 1.20. The second-order valence-electron chi connectivity index (χ2n) is 4.43. The first-order valence-corrected chi connectivity index (χ1v) is 7.53. The molecule has 0 fully saturated rings. The van der Waals surface area contributed by atoms with Crippen LogP contribution in [0.15, 0.2) is 18.2 Å². The SMILES string of the molecule is CC(=O)Nc1cc(-c2ccc(I)c(F)c2F)nc(C(=O)O)c1Cl. The highest BCUT2D eigenvalue weighted by molar-refractivity contribution is 14.1. The van der Waals surface area contributed by atoms with E-state index in [2.05, 4.69) is 10.3 Å². The number of carboxylic acid groups (broad SMARTS) is 1. The van der Waals surface area contributed by atoms with Gasteiger partial charge in [-0.05, 0) is 40.8 Å². The zero-order valence-electron chi connectivity index (χ0n) is 11.5. The van der Waals surface area contributed by atoms with Crippen LogP contribution in [0.25, 0.3) is 11.3 Å². The third-order valence-corrected chi connectivity index (χ3v) is 4.00. The summed E-state index contributed by atoms with van der Waals surface area (Å²) in [5, 5.41) is 11.2. The van der Waals surface area contributed by atoms with Crippen LogP contribution in [0.2, 0.25) is 5.02 Å². The molecule has 9 heteroatoms. The largest absolute Gasteiger partial charge is 0.476 e. The minimum Gasteiger partial charge on any atom is -0.476 e. The number of aromatic carboxylic acids is 1. The molecule has 0 aliphatic heterocycles. The molecule has 120 valence electrons. The van der Waals surface area contributed by atoms with Crippen molar-refractivity contribution in [2.45, 2.75) is 6.92 Å². The number of benzene rings is 1. The summed E-state index contributed by atoms with van der Waals surface area (Å²) in [7, 11) is 0. The van der Waals surface area contributed by atoms with Crippen LogP contribution in [-0.4, -0.2) is 22.0 Å². The molecule has 0 radical (unpaired) electrons. The minimum atomic E-state index is -1.46. The van der Waals surface area contributed by atoms with E-state index in [-0.39, 0.29) is 25.5 Å². The molecule has 0 aliphatic rings. The number of nitrogens with zero attached hydrogens (tertiary/aromatic N) is 1. The van der Waals surface area contributed by atoms with E-state index < -0.39 is 29.2 Å². The number of hydrogen-bond acceptors (Lipinski definition) is 3. The van der Waals surface area contributed by atoms with Gasteiger partial charge < -0.3 is 10.4 Å². The Labute approximate surface area is 147 Å². The predicted octanol–water partition coefficient (Wildman–Crippen LogP) is 3.94. The molecule has 0 atom stereocenters. The molecule has 0 saturated carbocycles. The highest BCUT2D eigenvalue weighted by Crippen LogP contribution is 2.32. The van der Waals surface area contributed by atoms with Crippen molar-refractivity contribution in [3.05, 3.63) is 44.1 Å². The van der Waals surface area contributed by atoms with Crippen LogP contribution in [0.1, 0.15) is 17.4 Å². The first kappa shape index (κ1) is 17.5. The molecular formula is C14H8ClF2IN2O3. The molecular weight excluding hydrogens is 445 g/mol. The van der Waals surface area contributed by atoms with Gasteiger partial charge in [-0.25, -0.2) is 18.6 Å². The van der Waals surface area contributed by atoms with Gasteiger partial charge in [0.2, 0.25) is 5.91 Å². The number of carbonyl (C=O) groups excluding carboxylic acids is 1. The van der Waals surface area contributed by atoms with E-state index in [1.54, 1.807) is 22.6 Å². The third kappa shape index (κ3) is 3.58. The Morgan fingerprint density at radius 3 is 2.52 bits per heavy atom. The molecule has 0 spiro atoms. The molecule has 0 aliphatic carbocycles. The van der Waals surface area contributed by atoms with E-state index >= 15 is 0 Å². The van der Waals surface area contributed by atoms with Crippen molar-refractivity contribution in [3.63, 3.8) is 0 Å². The number of nitrogens with one attached hydrogen (secondary N) is 1.